The van der Waals surface area contributed by atoms with Crippen LogP contribution in [0.25, 0.3) is 0 Å². The van der Waals surface area contributed by atoms with Crippen LogP contribution in [0.1, 0.15) is 47.3 Å². The number of aromatic nitrogens is 2. The molecule has 1 aromatic heterocycles. The molecule has 0 aliphatic carbocycles. The number of nitrogens with zero attached hydrogens (tertiary/aromatic N) is 4. The lowest BCUT2D eigenvalue weighted by Gasteiger charge is -2.47. The van der Waals surface area contributed by atoms with Crippen molar-refractivity contribution in [2.24, 2.45) is 5.41 Å². The van der Waals surface area contributed by atoms with E-state index < -0.39 is 0 Å². The fourth-order valence-corrected chi connectivity index (χ4v) is 4.51. The summed E-state index contributed by atoms with van der Waals surface area (Å²) in [7, 11) is 0. The molecule has 4 rings (SSSR count). The van der Waals surface area contributed by atoms with Crippen molar-refractivity contribution in [3.63, 3.8) is 0 Å². The molecule has 2 saturated heterocycles. The molecule has 1 N–H and O–H groups in total. The molecule has 0 saturated carbocycles. The number of piperidine rings is 2. The smallest absolute Gasteiger partial charge is 0.255 e. The van der Waals surface area contributed by atoms with E-state index in [4.69, 9.17) is 0 Å². The molecule has 0 atom stereocenters. The van der Waals surface area contributed by atoms with Crippen LogP contribution >= 0.6 is 0 Å². The second-order valence-corrected chi connectivity index (χ2v) is 8.09. The van der Waals surface area contributed by atoms with Crippen molar-refractivity contribution >= 4 is 11.8 Å². The van der Waals surface area contributed by atoms with Crippen LogP contribution in [0.15, 0.2) is 36.8 Å². The van der Waals surface area contributed by atoms with Gasteiger partial charge in [-0.05, 0) is 36.8 Å². The van der Waals surface area contributed by atoms with E-state index in [1.807, 2.05) is 9.80 Å². The van der Waals surface area contributed by atoms with Gasteiger partial charge in [0, 0.05) is 50.9 Å². The van der Waals surface area contributed by atoms with Gasteiger partial charge in [-0.3, -0.25) is 9.59 Å². The minimum absolute atomic E-state index is 0.0695. The Balaban J connectivity index is 1.38. The predicted molar refractivity (Wildman–Crippen MR) is 107 cm³/mol. The highest BCUT2D eigenvalue weighted by molar-refractivity contribution is 5.96. The fourth-order valence-electron chi connectivity index (χ4n) is 4.51. The molecule has 29 heavy (non-hydrogen) atoms. The molecule has 0 unspecified atom stereocenters. The highest BCUT2D eigenvalue weighted by Crippen LogP contribution is 2.40. The summed E-state index contributed by atoms with van der Waals surface area (Å²) in [5.74, 6) is 0.150. The summed E-state index contributed by atoms with van der Waals surface area (Å²) in [5.41, 5.74) is 2.03. The maximum Gasteiger partial charge on any atom is 0.255 e. The molecule has 2 fully saturated rings. The second-order valence-electron chi connectivity index (χ2n) is 8.09. The Morgan fingerprint density at radius 3 is 2.76 bits per heavy atom. The predicted octanol–water partition coefficient (Wildman–Crippen LogP) is 2.37. The molecule has 2 aliphatic heterocycles. The van der Waals surface area contributed by atoms with Crippen LogP contribution in [-0.2, 0) is 11.2 Å². The molecule has 150 valence electrons. The lowest BCUT2D eigenvalue weighted by molar-refractivity contribution is -0.138. The Bertz CT molecular complexity index is 923. The number of nitrogens with one attached hydrogen (secondary N) is 1. The van der Waals surface area contributed by atoms with E-state index in [0.29, 0.717) is 37.2 Å². The number of benzene rings is 1. The van der Waals surface area contributed by atoms with Crippen molar-refractivity contribution in [2.75, 3.05) is 26.2 Å². The SMILES string of the molecule is N#Cc1ccccc1C(=O)N1CCC2(CCC(=O)N(CCc3cnc[nH]3)C2)CC1. The van der Waals surface area contributed by atoms with Crippen molar-refractivity contribution in [1.29, 1.82) is 5.26 Å². The van der Waals surface area contributed by atoms with E-state index in [2.05, 4.69) is 16.0 Å². The number of amides is 2. The molecule has 2 aliphatic rings. The zero-order valence-electron chi connectivity index (χ0n) is 16.4. The van der Waals surface area contributed by atoms with E-state index in [-0.39, 0.29) is 17.2 Å². The summed E-state index contributed by atoms with van der Waals surface area (Å²) in [6.07, 6.45) is 7.48. The highest BCUT2D eigenvalue weighted by Gasteiger charge is 2.41. The fraction of sp³-hybridized carbons (Fsp3) is 0.455. The molecule has 0 radical (unpaired) electrons. The number of nitriles is 1. The van der Waals surface area contributed by atoms with Gasteiger partial charge >= 0.3 is 0 Å². The molecule has 2 amide bonds. The van der Waals surface area contributed by atoms with E-state index >= 15 is 0 Å². The lowest BCUT2D eigenvalue weighted by Crippen LogP contribution is -2.52. The number of rotatable bonds is 4. The van der Waals surface area contributed by atoms with Crippen molar-refractivity contribution in [3.05, 3.63) is 53.6 Å². The Hall–Kier alpha value is -3.14. The molecular weight excluding hydrogens is 366 g/mol. The van der Waals surface area contributed by atoms with E-state index in [1.54, 1.807) is 36.8 Å². The van der Waals surface area contributed by atoms with Gasteiger partial charge in [0.05, 0.1) is 23.5 Å². The normalized spacial score (nSPS) is 18.7. The number of carbonyl (C=O) groups is 2. The molecular formula is C22H25N5O2. The van der Waals surface area contributed by atoms with E-state index in [1.165, 1.54) is 0 Å². The van der Waals surface area contributed by atoms with Gasteiger partial charge in [-0.1, -0.05) is 12.1 Å². The molecule has 3 heterocycles. The van der Waals surface area contributed by atoms with Crippen LogP contribution in [0.3, 0.4) is 0 Å². The minimum atomic E-state index is -0.0695. The number of carbonyl (C=O) groups excluding carboxylic acids is 2. The van der Waals surface area contributed by atoms with Gasteiger partial charge in [-0.2, -0.15) is 5.26 Å². The third-order valence-corrected chi connectivity index (χ3v) is 6.34. The lowest BCUT2D eigenvalue weighted by atomic mass is 9.72. The van der Waals surface area contributed by atoms with Crippen LogP contribution in [0, 0.1) is 16.7 Å². The van der Waals surface area contributed by atoms with Gasteiger partial charge in [-0.25, -0.2) is 4.98 Å². The van der Waals surface area contributed by atoms with Crippen LogP contribution in [0.5, 0.6) is 0 Å². The average molecular weight is 391 g/mol. The van der Waals surface area contributed by atoms with Crippen LogP contribution in [-0.4, -0.2) is 57.8 Å². The van der Waals surface area contributed by atoms with Crippen molar-refractivity contribution < 1.29 is 9.59 Å². The average Bonchev–Trinajstić information content (AvgIpc) is 3.28. The van der Waals surface area contributed by atoms with Gasteiger partial charge in [0.15, 0.2) is 0 Å². The number of imidazole rings is 1. The minimum Gasteiger partial charge on any atom is -0.348 e. The van der Waals surface area contributed by atoms with E-state index in [0.717, 1.165) is 37.9 Å². The zero-order valence-corrected chi connectivity index (χ0v) is 16.4. The first-order valence-corrected chi connectivity index (χ1v) is 10.1. The Labute approximate surface area is 170 Å². The Morgan fingerprint density at radius 1 is 1.24 bits per heavy atom. The summed E-state index contributed by atoms with van der Waals surface area (Å²) < 4.78 is 0. The standard InChI is InChI=1S/C22H25N5O2/c23-13-17-3-1-2-4-19(17)21(29)26-11-8-22(9-12-26)7-5-20(28)27(15-22)10-6-18-14-24-16-25-18/h1-4,14,16H,5-12,15H2,(H,24,25). The first-order chi connectivity index (χ1) is 14.1. The number of aromatic amines is 1. The summed E-state index contributed by atoms with van der Waals surface area (Å²) in [5, 5.41) is 9.27. The molecule has 7 heteroatoms. The van der Waals surface area contributed by atoms with Gasteiger partial charge in [0.1, 0.15) is 0 Å². The maximum atomic E-state index is 12.9. The first kappa shape index (κ1) is 19.2. The van der Waals surface area contributed by atoms with Gasteiger partial charge in [-0.15, -0.1) is 0 Å². The summed E-state index contributed by atoms with van der Waals surface area (Å²) in [6.45, 7) is 2.79. The van der Waals surface area contributed by atoms with Gasteiger partial charge < -0.3 is 14.8 Å². The van der Waals surface area contributed by atoms with E-state index in [9.17, 15) is 14.9 Å². The molecule has 1 aromatic carbocycles. The van der Waals surface area contributed by atoms with Crippen molar-refractivity contribution in [2.45, 2.75) is 32.1 Å². The van der Waals surface area contributed by atoms with Gasteiger partial charge in [0.2, 0.25) is 5.91 Å². The van der Waals surface area contributed by atoms with Crippen LogP contribution in [0.2, 0.25) is 0 Å². The zero-order chi connectivity index (χ0) is 20.3. The monoisotopic (exact) mass is 391 g/mol. The molecule has 0 bridgehead atoms. The summed E-state index contributed by atoms with van der Waals surface area (Å²) in [6, 6.07) is 9.09. The topological polar surface area (TPSA) is 93.1 Å². The Kier molecular flexibility index (Phi) is 5.34. The van der Waals surface area contributed by atoms with Crippen LogP contribution < -0.4 is 0 Å². The molecule has 1 spiro atoms. The number of H-pyrrole nitrogens is 1. The first-order valence-electron chi connectivity index (χ1n) is 10.1. The third-order valence-electron chi connectivity index (χ3n) is 6.34. The number of hydrogen-bond donors (Lipinski definition) is 1. The largest absolute Gasteiger partial charge is 0.348 e. The molecule has 7 nitrogen and oxygen atoms in total. The van der Waals surface area contributed by atoms with Crippen molar-refractivity contribution in [3.8, 4) is 6.07 Å². The van der Waals surface area contributed by atoms with Crippen molar-refractivity contribution in [1.82, 2.24) is 19.8 Å². The van der Waals surface area contributed by atoms with Crippen LogP contribution in [0.4, 0.5) is 0 Å². The quantitative estimate of drug-likeness (QED) is 0.866. The second kappa shape index (κ2) is 8.08. The summed E-state index contributed by atoms with van der Waals surface area (Å²) >= 11 is 0. The number of hydrogen-bond acceptors (Lipinski definition) is 4. The third kappa shape index (κ3) is 4.02. The highest BCUT2D eigenvalue weighted by atomic mass is 16.2. The maximum absolute atomic E-state index is 12.9. The number of likely N-dealkylation sites (tertiary alicyclic amines) is 2. The Morgan fingerprint density at radius 2 is 2.03 bits per heavy atom. The summed E-state index contributed by atoms with van der Waals surface area (Å²) in [4.78, 5) is 36.3. The van der Waals surface area contributed by atoms with Gasteiger partial charge in [0.25, 0.3) is 5.91 Å². The molecule has 2 aromatic rings.